The molecular weight excluding hydrogens is 240 g/mol. The van der Waals surface area contributed by atoms with Crippen molar-refractivity contribution in [2.75, 3.05) is 0 Å². The molecule has 3 unspecified atom stereocenters. The zero-order valence-electron chi connectivity index (χ0n) is 12.5. The Labute approximate surface area is 122 Å². The highest BCUT2D eigenvalue weighted by Gasteiger charge is 2.33. The molecule has 0 saturated heterocycles. The summed E-state index contributed by atoms with van der Waals surface area (Å²) in [4.78, 5) is 0. The van der Waals surface area contributed by atoms with Crippen LogP contribution in [0.4, 0.5) is 0 Å². The maximum atomic E-state index is 2.42. The van der Waals surface area contributed by atoms with Crippen molar-refractivity contribution in [1.82, 2.24) is 0 Å². The lowest BCUT2D eigenvalue weighted by molar-refractivity contribution is 0.381. The van der Waals surface area contributed by atoms with Crippen LogP contribution in [0.15, 0.2) is 54.6 Å². The second-order valence-electron chi connectivity index (χ2n) is 6.17. The summed E-state index contributed by atoms with van der Waals surface area (Å²) in [6.07, 6.45) is 3.81. The van der Waals surface area contributed by atoms with Crippen LogP contribution < -0.4 is 0 Å². The van der Waals surface area contributed by atoms with Gasteiger partial charge in [0.15, 0.2) is 0 Å². The van der Waals surface area contributed by atoms with Gasteiger partial charge in [-0.3, -0.25) is 0 Å². The monoisotopic (exact) mass is 264 g/mol. The first-order valence-corrected chi connectivity index (χ1v) is 7.94. The van der Waals surface area contributed by atoms with Crippen molar-refractivity contribution >= 4 is 0 Å². The zero-order valence-corrected chi connectivity index (χ0v) is 12.5. The summed E-state index contributed by atoms with van der Waals surface area (Å²) >= 11 is 0. The summed E-state index contributed by atoms with van der Waals surface area (Å²) in [5, 5.41) is 0. The number of hydrogen-bond acceptors (Lipinski definition) is 0. The van der Waals surface area contributed by atoms with E-state index in [1.807, 2.05) is 0 Å². The lowest BCUT2D eigenvalue weighted by Crippen LogP contribution is -2.16. The van der Waals surface area contributed by atoms with Gasteiger partial charge < -0.3 is 0 Å². The summed E-state index contributed by atoms with van der Waals surface area (Å²) in [6.45, 7) is 4.74. The first-order valence-electron chi connectivity index (χ1n) is 7.94. The molecule has 2 aromatic carbocycles. The normalized spacial score (nSPS) is 20.4. The van der Waals surface area contributed by atoms with Gasteiger partial charge in [0.2, 0.25) is 0 Å². The molecule has 0 radical (unpaired) electrons. The van der Waals surface area contributed by atoms with Gasteiger partial charge in [-0.15, -0.1) is 0 Å². The van der Waals surface area contributed by atoms with Crippen LogP contribution in [-0.4, -0.2) is 0 Å². The average Bonchev–Trinajstić information content (AvgIpc) is 2.92. The molecule has 0 aliphatic heterocycles. The molecule has 1 aliphatic rings. The van der Waals surface area contributed by atoms with Gasteiger partial charge in [-0.2, -0.15) is 0 Å². The van der Waals surface area contributed by atoms with Crippen LogP contribution in [0.5, 0.6) is 0 Å². The third kappa shape index (κ3) is 2.40. The van der Waals surface area contributed by atoms with E-state index in [0.29, 0.717) is 11.8 Å². The van der Waals surface area contributed by atoms with Crippen LogP contribution in [0.1, 0.15) is 55.2 Å². The van der Waals surface area contributed by atoms with Crippen molar-refractivity contribution in [1.29, 1.82) is 0 Å². The van der Waals surface area contributed by atoms with Crippen molar-refractivity contribution in [2.45, 2.75) is 44.9 Å². The Morgan fingerprint density at radius 3 is 2.45 bits per heavy atom. The van der Waals surface area contributed by atoms with E-state index in [-0.39, 0.29) is 0 Å². The highest BCUT2D eigenvalue weighted by molar-refractivity contribution is 5.38. The van der Waals surface area contributed by atoms with Crippen molar-refractivity contribution in [3.63, 3.8) is 0 Å². The van der Waals surface area contributed by atoms with E-state index in [1.165, 1.54) is 24.8 Å². The van der Waals surface area contributed by atoms with E-state index in [9.17, 15) is 0 Å². The summed E-state index contributed by atoms with van der Waals surface area (Å²) in [6, 6.07) is 20.2. The largest absolute Gasteiger partial charge is 0.0651 e. The predicted molar refractivity (Wildman–Crippen MR) is 86.1 cm³/mol. The van der Waals surface area contributed by atoms with E-state index in [2.05, 4.69) is 68.4 Å². The Hall–Kier alpha value is -1.56. The van der Waals surface area contributed by atoms with Gasteiger partial charge in [-0.05, 0) is 47.3 Å². The predicted octanol–water partition coefficient (Wildman–Crippen LogP) is 5.55. The van der Waals surface area contributed by atoms with E-state index < -0.39 is 0 Å². The molecule has 0 spiro atoms. The Kier molecular flexibility index (Phi) is 3.91. The third-order valence-corrected chi connectivity index (χ3v) is 5.05. The molecule has 3 rings (SSSR count). The first-order chi connectivity index (χ1) is 9.81. The molecule has 0 heterocycles. The van der Waals surface area contributed by atoms with Gasteiger partial charge >= 0.3 is 0 Å². The summed E-state index contributed by atoms with van der Waals surface area (Å²) in [7, 11) is 0. The van der Waals surface area contributed by atoms with Crippen molar-refractivity contribution in [2.24, 2.45) is 5.92 Å². The number of rotatable bonds is 4. The lowest BCUT2D eigenvalue weighted by Gasteiger charge is -2.30. The fourth-order valence-corrected chi connectivity index (χ4v) is 3.85. The second kappa shape index (κ2) is 5.83. The Morgan fingerprint density at radius 2 is 1.70 bits per heavy atom. The Balaban J connectivity index is 2.00. The van der Waals surface area contributed by atoms with Crippen molar-refractivity contribution in [3.8, 4) is 0 Å². The van der Waals surface area contributed by atoms with Crippen LogP contribution in [-0.2, 0) is 6.42 Å². The molecule has 0 bridgehead atoms. The Bertz CT molecular complexity index is 555. The van der Waals surface area contributed by atoms with Gasteiger partial charge in [0.25, 0.3) is 0 Å². The van der Waals surface area contributed by atoms with Gasteiger partial charge in [-0.1, -0.05) is 74.9 Å². The minimum absolute atomic E-state index is 0.657. The fourth-order valence-electron chi connectivity index (χ4n) is 3.85. The molecule has 0 aromatic heterocycles. The summed E-state index contributed by atoms with van der Waals surface area (Å²) in [5.41, 5.74) is 4.69. The molecule has 0 saturated carbocycles. The van der Waals surface area contributed by atoms with E-state index in [0.717, 1.165) is 5.92 Å². The SMILES string of the molecule is CCC(C)C(c1ccccc1)C1CCc2ccccc21. The molecule has 1 aliphatic carbocycles. The lowest BCUT2D eigenvalue weighted by atomic mass is 9.74. The highest BCUT2D eigenvalue weighted by atomic mass is 14.4. The molecular formula is C20H24. The van der Waals surface area contributed by atoms with Crippen LogP contribution in [0.3, 0.4) is 0 Å². The molecule has 3 atom stereocenters. The molecule has 2 aromatic rings. The van der Waals surface area contributed by atoms with Gasteiger partial charge in [0.05, 0.1) is 0 Å². The van der Waals surface area contributed by atoms with Crippen molar-refractivity contribution < 1.29 is 0 Å². The second-order valence-corrected chi connectivity index (χ2v) is 6.17. The minimum Gasteiger partial charge on any atom is -0.0651 e. The minimum atomic E-state index is 0.657. The molecule has 104 valence electrons. The van der Waals surface area contributed by atoms with E-state index in [4.69, 9.17) is 0 Å². The van der Waals surface area contributed by atoms with Crippen molar-refractivity contribution in [3.05, 3.63) is 71.3 Å². The van der Waals surface area contributed by atoms with Gasteiger partial charge in [0, 0.05) is 0 Å². The standard InChI is InChI=1S/C20H24/c1-3-15(2)20(17-10-5-4-6-11-17)19-14-13-16-9-7-8-12-18(16)19/h4-12,15,19-20H,3,13-14H2,1-2H3. The number of hydrogen-bond donors (Lipinski definition) is 0. The summed E-state index contributed by atoms with van der Waals surface area (Å²) in [5.74, 6) is 2.09. The first kappa shape index (κ1) is 13.4. The fraction of sp³-hybridized carbons (Fsp3) is 0.400. The molecule has 0 fully saturated rings. The number of benzene rings is 2. The van der Waals surface area contributed by atoms with Gasteiger partial charge in [-0.25, -0.2) is 0 Å². The Morgan fingerprint density at radius 1 is 1.00 bits per heavy atom. The van der Waals surface area contributed by atoms with Crippen LogP contribution in [0, 0.1) is 5.92 Å². The molecule has 20 heavy (non-hydrogen) atoms. The van der Waals surface area contributed by atoms with Gasteiger partial charge in [0.1, 0.15) is 0 Å². The summed E-state index contributed by atoms with van der Waals surface area (Å²) < 4.78 is 0. The third-order valence-electron chi connectivity index (χ3n) is 5.05. The van der Waals surface area contributed by atoms with Crippen LogP contribution in [0.2, 0.25) is 0 Å². The van der Waals surface area contributed by atoms with Crippen LogP contribution >= 0.6 is 0 Å². The van der Waals surface area contributed by atoms with E-state index >= 15 is 0 Å². The average molecular weight is 264 g/mol. The zero-order chi connectivity index (χ0) is 13.9. The molecule has 0 heteroatoms. The topological polar surface area (TPSA) is 0 Å². The highest BCUT2D eigenvalue weighted by Crippen LogP contribution is 2.46. The quantitative estimate of drug-likeness (QED) is 0.679. The number of fused-ring (bicyclic) bond motifs is 1. The molecule has 0 N–H and O–H groups in total. The maximum absolute atomic E-state index is 2.42. The van der Waals surface area contributed by atoms with Crippen LogP contribution in [0.25, 0.3) is 0 Å². The van der Waals surface area contributed by atoms with E-state index in [1.54, 1.807) is 11.1 Å². The maximum Gasteiger partial charge on any atom is -0.00673 e. The molecule has 0 nitrogen and oxygen atoms in total. The molecule has 0 amide bonds. The number of aryl methyl sites for hydroxylation is 1. The smallest absolute Gasteiger partial charge is 0.00673 e.